The number of carbonyl (C=O) groups is 1. The van der Waals surface area contributed by atoms with Crippen molar-refractivity contribution >= 4 is 34.0 Å². The molecule has 31 heavy (non-hydrogen) atoms. The van der Waals surface area contributed by atoms with Crippen LogP contribution in [0.15, 0.2) is 55.0 Å². The molecule has 0 atom stereocenters. The van der Waals surface area contributed by atoms with Gasteiger partial charge in [-0.3, -0.25) is 14.9 Å². The number of fused-ring (bicyclic) bond motifs is 1. The van der Waals surface area contributed by atoms with Gasteiger partial charge in [0.2, 0.25) is 0 Å². The van der Waals surface area contributed by atoms with Gasteiger partial charge in [-0.2, -0.15) is 5.10 Å². The molecule has 1 fully saturated rings. The van der Waals surface area contributed by atoms with Crippen LogP contribution in [-0.2, 0) is 0 Å². The number of hydrogen-bond donors (Lipinski definition) is 3. The molecule has 0 spiro atoms. The monoisotopic (exact) mass is 413 g/mol. The third-order valence-electron chi connectivity index (χ3n) is 5.58. The molecule has 4 aromatic rings. The fourth-order valence-corrected chi connectivity index (χ4v) is 3.91. The zero-order valence-corrected chi connectivity index (χ0v) is 17.2. The van der Waals surface area contributed by atoms with Crippen LogP contribution in [0.25, 0.3) is 22.0 Å². The van der Waals surface area contributed by atoms with Crippen LogP contribution in [-0.4, -0.2) is 46.2 Å². The van der Waals surface area contributed by atoms with Crippen molar-refractivity contribution in [3.63, 3.8) is 0 Å². The third kappa shape index (κ3) is 3.79. The molecule has 1 aromatic carbocycles. The zero-order valence-electron chi connectivity index (χ0n) is 17.2. The topological polar surface area (TPSA) is 98.8 Å². The SMILES string of the molecule is CNc1ccc(NC(=O)c2n[nH]c3ccc(-c4cncc(N5CCCC5)c4)cc23)cn1. The summed E-state index contributed by atoms with van der Waals surface area (Å²) in [6.45, 7) is 2.14. The number of H-pyrrole nitrogens is 1. The van der Waals surface area contributed by atoms with Crippen LogP contribution in [0, 0.1) is 0 Å². The molecule has 1 amide bonds. The van der Waals surface area contributed by atoms with Gasteiger partial charge in [-0.05, 0) is 48.7 Å². The number of hydrogen-bond acceptors (Lipinski definition) is 6. The summed E-state index contributed by atoms with van der Waals surface area (Å²) in [4.78, 5) is 23.9. The van der Waals surface area contributed by atoms with E-state index < -0.39 is 0 Å². The van der Waals surface area contributed by atoms with Gasteiger partial charge in [-0.15, -0.1) is 0 Å². The molecular weight excluding hydrogens is 390 g/mol. The molecule has 4 heterocycles. The highest BCUT2D eigenvalue weighted by molar-refractivity contribution is 6.11. The molecule has 8 nitrogen and oxygen atoms in total. The Morgan fingerprint density at radius 3 is 2.68 bits per heavy atom. The highest BCUT2D eigenvalue weighted by Gasteiger charge is 2.17. The Bertz CT molecular complexity index is 1230. The molecule has 3 aromatic heterocycles. The minimum absolute atomic E-state index is 0.286. The predicted octanol–water partition coefficient (Wildman–Crippen LogP) is 3.91. The molecule has 0 radical (unpaired) electrons. The summed E-state index contributed by atoms with van der Waals surface area (Å²) in [6.07, 6.45) is 7.82. The van der Waals surface area contributed by atoms with Crippen LogP contribution in [0.2, 0.25) is 0 Å². The molecule has 1 aliphatic rings. The number of nitrogens with one attached hydrogen (secondary N) is 3. The van der Waals surface area contributed by atoms with Gasteiger partial charge in [0, 0.05) is 37.3 Å². The van der Waals surface area contributed by atoms with Gasteiger partial charge in [0.1, 0.15) is 5.82 Å². The number of anilines is 3. The van der Waals surface area contributed by atoms with E-state index in [0.717, 1.165) is 46.6 Å². The first-order valence-electron chi connectivity index (χ1n) is 10.3. The number of rotatable bonds is 5. The summed E-state index contributed by atoms with van der Waals surface area (Å²) in [5.74, 6) is 0.448. The van der Waals surface area contributed by atoms with Gasteiger partial charge in [0.05, 0.1) is 29.3 Å². The van der Waals surface area contributed by atoms with Crippen LogP contribution in [0.4, 0.5) is 17.2 Å². The maximum Gasteiger partial charge on any atom is 0.276 e. The van der Waals surface area contributed by atoms with Gasteiger partial charge >= 0.3 is 0 Å². The van der Waals surface area contributed by atoms with E-state index in [1.165, 1.54) is 12.8 Å². The largest absolute Gasteiger partial charge is 0.373 e. The van der Waals surface area contributed by atoms with E-state index in [1.807, 2.05) is 30.6 Å². The van der Waals surface area contributed by atoms with E-state index in [9.17, 15) is 4.79 Å². The Morgan fingerprint density at radius 2 is 1.90 bits per heavy atom. The van der Waals surface area contributed by atoms with Crippen LogP contribution in [0.5, 0.6) is 0 Å². The first kappa shape index (κ1) is 19.0. The molecule has 3 N–H and O–H groups in total. The van der Waals surface area contributed by atoms with E-state index in [2.05, 4.69) is 41.8 Å². The first-order valence-corrected chi connectivity index (χ1v) is 10.3. The van der Waals surface area contributed by atoms with Crippen molar-refractivity contribution in [1.82, 2.24) is 20.2 Å². The van der Waals surface area contributed by atoms with Crippen LogP contribution in [0.1, 0.15) is 23.3 Å². The van der Waals surface area contributed by atoms with E-state index in [0.29, 0.717) is 11.4 Å². The fourth-order valence-electron chi connectivity index (χ4n) is 3.91. The molecule has 0 bridgehead atoms. The third-order valence-corrected chi connectivity index (χ3v) is 5.58. The second-order valence-electron chi connectivity index (χ2n) is 7.59. The minimum atomic E-state index is -0.286. The number of carbonyl (C=O) groups excluding carboxylic acids is 1. The quantitative estimate of drug-likeness (QED) is 0.459. The van der Waals surface area contributed by atoms with Crippen molar-refractivity contribution in [3.05, 3.63) is 60.7 Å². The number of amides is 1. The zero-order chi connectivity index (χ0) is 21.2. The highest BCUT2D eigenvalue weighted by Crippen LogP contribution is 2.29. The minimum Gasteiger partial charge on any atom is -0.373 e. The standard InChI is InChI=1S/C23H23N7O/c1-24-21-7-5-17(13-26-21)27-23(31)22-19-11-15(4-6-20(19)28-29-22)16-10-18(14-25-12-16)30-8-2-3-9-30/h4-7,10-14H,2-3,8-9H2,1H3,(H,24,26)(H,27,31)(H,28,29). The second kappa shape index (κ2) is 8.06. The lowest BCUT2D eigenvalue weighted by atomic mass is 10.0. The number of pyridine rings is 2. The maximum absolute atomic E-state index is 12.9. The summed E-state index contributed by atoms with van der Waals surface area (Å²) in [5, 5.41) is 13.8. The second-order valence-corrected chi connectivity index (χ2v) is 7.59. The molecular formula is C23H23N7O. The van der Waals surface area contributed by atoms with Crippen molar-refractivity contribution in [2.45, 2.75) is 12.8 Å². The molecule has 1 saturated heterocycles. The normalized spacial score (nSPS) is 13.5. The number of aromatic nitrogens is 4. The lowest BCUT2D eigenvalue weighted by Crippen LogP contribution is -2.17. The molecule has 5 rings (SSSR count). The first-order chi connectivity index (χ1) is 15.2. The smallest absolute Gasteiger partial charge is 0.276 e. The van der Waals surface area contributed by atoms with Crippen molar-refractivity contribution in [2.75, 3.05) is 35.7 Å². The fraction of sp³-hybridized carbons (Fsp3) is 0.217. The van der Waals surface area contributed by atoms with Crippen LogP contribution >= 0.6 is 0 Å². The van der Waals surface area contributed by atoms with Crippen molar-refractivity contribution in [2.24, 2.45) is 0 Å². The molecule has 0 aliphatic carbocycles. The van der Waals surface area contributed by atoms with Gasteiger partial charge in [-0.1, -0.05) is 6.07 Å². The average molecular weight is 413 g/mol. The Morgan fingerprint density at radius 1 is 1.03 bits per heavy atom. The van der Waals surface area contributed by atoms with Crippen LogP contribution in [0.3, 0.4) is 0 Å². The van der Waals surface area contributed by atoms with Crippen LogP contribution < -0.4 is 15.5 Å². The van der Waals surface area contributed by atoms with Gasteiger partial charge in [0.25, 0.3) is 5.91 Å². The maximum atomic E-state index is 12.9. The summed E-state index contributed by atoms with van der Waals surface area (Å²) in [6, 6.07) is 11.7. The summed E-state index contributed by atoms with van der Waals surface area (Å²) < 4.78 is 0. The molecule has 156 valence electrons. The average Bonchev–Trinajstić information content (AvgIpc) is 3.49. The van der Waals surface area contributed by atoms with E-state index in [4.69, 9.17) is 0 Å². The van der Waals surface area contributed by atoms with Crippen molar-refractivity contribution in [1.29, 1.82) is 0 Å². The van der Waals surface area contributed by atoms with E-state index in [-0.39, 0.29) is 5.91 Å². The molecule has 8 heteroatoms. The van der Waals surface area contributed by atoms with E-state index in [1.54, 1.807) is 25.4 Å². The van der Waals surface area contributed by atoms with Gasteiger partial charge in [0.15, 0.2) is 5.69 Å². The number of benzene rings is 1. The molecule has 1 aliphatic heterocycles. The molecule has 0 unspecified atom stereocenters. The van der Waals surface area contributed by atoms with Crippen molar-refractivity contribution in [3.8, 4) is 11.1 Å². The van der Waals surface area contributed by atoms with Gasteiger partial charge in [-0.25, -0.2) is 4.98 Å². The molecule has 0 saturated carbocycles. The predicted molar refractivity (Wildman–Crippen MR) is 123 cm³/mol. The highest BCUT2D eigenvalue weighted by atomic mass is 16.1. The number of aromatic amines is 1. The Kier molecular flexibility index (Phi) is 4.95. The Labute approximate surface area is 179 Å². The summed E-state index contributed by atoms with van der Waals surface area (Å²) >= 11 is 0. The number of nitrogens with zero attached hydrogens (tertiary/aromatic N) is 4. The Balaban J connectivity index is 1.44. The van der Waals surface area contributed by atoms with Crippen molar-refractivity contribution < 1.29 is 4.79 Å². The summed E-state index contributed by atoms with van der Waals surface area (Å²) in [7, 11) is 1.80. The lowest BCUT2D eigenvalue weighted by Gasteiger charge is -2.17. The summed E-state index contributed by atoms with van der Waals surface area (Å²) in [5.41, 5.74) is 4.92. The Hall–Kier alpha value is -3.94. The van der Waals surface area contributed by atoms with E-state index >= 15 is 0 Å². The van der Waals surface area contributed by atoms with Gasteiger partial charge < -0.3 is 15.5 Å². The lowest BCUT2D eigenvalue weighted by molar-refractivity contribution is 0.102.